The van der Waals surface area contributed by atoms with Crippen LogP contribution in [-0.2, 0) is 9.59 Å². The Morgan fingerprint density at radius 2 is 2.05 bits per heavy atom. The van der Waals surface area contributed by atoms with E-state index in [1.165, 1.54) is 4.90 Å². The molecule has 7 heteroatoms. The molecule has 108 valence electrons. The van der Waals surface area contributed by atoms with Gasteiger partial charge in [0, 0.05) is 18.2 Å². The van der Waals surface area contributed by atoms with E-state index in [-0.39, 0.29) is 18.9 Å². The van der Waals surface area contributed by atoms with Crippen LogP contribution in [0.2, 0.25) is 0 Å². The third-order valence-corrected chi connectivity index (χ3v) is 5.01. The number of nitrogens with two attached hydrogens (primary N) is 1. The highest BCUT2D eigenvalue weighted by Crippen LogP contribution is 2.23. The van der Waals surface area contributed by atoms with Crippen LogP contribution in [0.5, 0.6) is 0 Å². The van der Waals surface area contributed by atoms with Gasteiger partial charge in [-0.05, 0) is 25.9 Å². The number of hydrogen-bond donors (Lipinski definition) is 3. The number of nitrogens with one attached hydrogen (secondary N) is 1. The first-order valence-electron chi connectivity index (χ1n) is 6.67. The summed E-state index contributed by atoms with van der Waals surface area (Å²) in [6.45, 7) is 2.22. The van der Waals surface area contributed by atoms with Gasteiger partial charge in [0.05, 0.1) is 11.9 Å². The van der Waals surface area contributed by atoms with E-state index in [4.69, 9.17) is 5.73 Å². The zero-order chi connectivity index (χ0) is 13.8. The summed E-state index contributed by atoms with van der Waals surface area (Å²) in [5, 5.41) is 13.4. The molecule has 0 aromatic rings. The Morgan fingerprint density at radius 1 is 1.37 bits per heavy atom. The SMILES string of the molecule is NC(=O)C1CC(O)CN1C(=O)CSC1CCNCC1. The second-order valence-electron chi connectivity index (χ2n) is 5.11. The van der Waals surface area contributed by atoms with E-state index in [1.807, 2.05) is 0 Å². The Kier molecular flexibility index (Phi) is 5.06. The lowest BCUT2D eigenvalue weighted by Gasteiger charge is -2.25. The van der Waals surface area contributed by atoms with Crippen molar-refractivity contribution in [2.24, 2.45) is 5.73 Å². The maximum Gasteiger partial charge on any atom is 0.240 e. The van der Waals surface area contributed by atoms with E-state index in [0.717, 1.165) is 25.9 Å². The van der Waals surface area contributed by atoms with Crippen molar-refractivity contribution in [3.8, 4) is 0 Å². The summed E-state index contributed by atoms with van der Waals surface area (Å²) in [6, 6.07) is -0.642. The molecule has 2 amide bonds. The number of primary amides is 1. The quantitative estimate of drug-likeness (QED) is 0.611. The molecule has 2 unspecified atom stereocenters. The van der Waals surface area contributed by atoms with Gasteiger partial charge in [-0.3, -0.25) is 9.59 Å². The minimum absolute atomic E-state index is 0.0936. The zero-order valence-electron chi connectivity index (χ0n) is 10.9. The summed E-state index contributed by atoms with van der Waals surface area (Å²) in [5.41, 5.74) is 5.27. The molecule has 2 fully saturated rings. The molecule has 2 aliphatic rings. The van der Waals surface area contributed by atoms with E-state index >= 15 is 0 Å². The molecular formula is C12H21N3O3S. The van der Waals surface area contributed by atoms with Gasteiger partial charge in [0.15, 0.2) is 0 Å². The van der Waals surface area contributed by atoms with Crippen LogP contribution >= 0.6 is 11.8 Å². The molecule has 2 heterocycles. The lowest BCUT2D eigenvalue weighted by atomic mass is 10.2. The van der Waals surface area contributed by atoms with Crippen LogP contribution < -0.4 is 11.1 Å². The fourth-order valence-electron chi connectivity index (χ4n) is 2.59. The number of β-amino-alcohol motifs (C(OH)–C–C–N with tert-alkyl or cyclic N) is 1. The summed E-state index contributed by atoms with van der Waals surface area (Å²) in [6.07, 6.45) is 1.77. The first-order chi connectivity index (χ1) is 9.08. The predicted octanol–water partition coefficient (Wildman–Crippen LogP) is -1.08. The molecule has 4 N–H and O–H groups in total. The number of aliphatic hydroxyl groups is 1. The highest BCUT2D eigenvalue weighted by Gasteiger charge is 2.37. The minimum atomic E-state index is -0.642. The van der Waals surface area contributed by atoms with Gasteiger partial charge in [0.25, 0.3) is 0 Å². The molecule has 19 heavy (non-hydrogen) atoms. The normalized spacial score (nSPS) is 28.6. The van der Waals surface area contributed by atoms with E-state index in [2.05, 4.69) is 5.32 Å². The largest absolute Gasteiger partial charge is 0.391 e. The Hall–Kier alpha value is -0.790. The van der Waals surface area contributed by atoms with Crippen LogP contribution in [0.3, 0.4) is 0 Å². The summed E-state index contributed by atoms with van der Waals surface area (Å²) in [7, 11) is 0. The molecule has 0 aliphatic carbocycles. The van der Waals surface area contributed by atoms with Gasteiger partial charge in [-0.15, -0.1) is 11.8 Å². The number of nitrogens with zero attached hydrogens (tertiary/aromatic N) is 1. The third-order valence-electron chi connectivity index (χ3n) is 3.66. The molecular weight excluding hydrogens is 266 g/mol. The van der Waals surface area contributed by atoms with E-state index in [0.29, 0.717) is 11.0 Å². The number of carbonyl (C=O) groups is 2. The van der Waals surface area contributed by atoms with Crippen LogP contribution in [0, 0.1) is 0 Å². The van der Waals surface area contributed by atoms with Crippen LogP contribution in [0.25, 0.3) is 0 Å². The number of carbonyl (C=O) groups excluding carboxylic acids is 2. The molecule has 0 bridgehead atoms. The fraction of sp³-hybridized carbons (Fsp3) is 0.833. The van der Waals surface area contributed by atoms with Crippen molar-refractivity contribution < 1.29 is 14.7 Å². The van der Waals surface area contributed by atoms with Gasteiger partial charge in [0.2, 0.25) is 11.8 Å². The fourth-order valence-corrected chi connectivity index (χ4v) is 3.71. The molecule has 0 aromatic heterocycles. The maximum atomic E-state index is 12.1. The highest BCUT2D eigenvalue weighted by molar-refractivity contribution is 8.00. The van der Waals surface area contributed by atoms with Gasteiger partial charge >= 0.3 is 0 Å². The second kappa shape index (κ2) is 6.58. The molecule has 0 spiro atoms. The number of piperidine rings is 1. The van der Waals surface area contributed by atoms with Crippen molar-refractivity contribution in [3.63, 3.8) is 0 Å². The highest BCUT2D eigenvalue weighted by atomic mass is 32.2. The maximum absolute atomic E-state index is 12.1. The van der Waals surface area contributed by atoms with E-state index in [9.17, 15) is 14.7 Å². The topological polar surface area (TPSA) is 95.7 Å². The second-order valence-corrected chi connectivity index (χ2v) is 6.40. The van der Waals surface area contributed by atoms with Crippen molar-refractivity contribution >= 4 is 23.6 Å². The molecule has 2 atom stereocenters. The van der Waals surface area contributed by atoms with Crippen molar-refractivity contribution in [3.05, 3.63) is 0 Å². The Morgan fingerprint density at radius 3 is 2.68 bits per heavy atom. The Bertz CT molecular complexity index is 347. The number of thioether (sulfide) groups is 1. The van der Waals surface area contributed by atoms with E-state index < -0.39 is 18.1 Å². The van der Waals surface area contributed by atoms with E-state index in [1.54, 1.807) is 11.8 Å². The molecule has 0 radical (unpaired) electrons. The van der Waals surface area contributed by atoms with Crippen LogP contribution in [0.4, 0.5) is 0 Å². The van der Waals surface area contributed by atoms with Gasteiger partial charge in [-0.2, -0.15) is 0 Å². The standard InChI is InChI=1S/C12H21N3O3S/c13-12(18)10-5-8(16)6-15(10)11(17)7-19-9-1-3-14-4-2-9/h8-10,14,16H,1-7H2,(H2,13,18). The average Bonchev–Trinajstić information content (AvgIpc) is 2.79. The van der Waals surface area contributed by atoms with Gasteiger partial charge in [0.1, 0.15) is 6.04 Å². The van der Waals surface area contributed by atoms with Crippen molar-refractivity contribution in [2.45, 2.75) is 36.7 Å². The monoisotopic (exact) mass is 287 g/mol. The van der Waals surface area contributed by atoms with Gasteiger partial charge in [-0.1, -0.05) is 0 Å². The molecule has 6 nitrogen and oxygen atoms in total. The Labute approximate surface area is 117 Å². The molecule has 2 aliphatic heterocycles. The summed E-state index contributed by atoms with van der Waals surface area (Å²) in [5.74, 6) is -0.262. The lowest BCUT2D eigenvalue weighted by Crippen LogP contribution is -2.44. The van der Waals surface area contributed by atoms with Crippen LogP contribution in [0.1, 0.15) is 19.3 Å². The summed E-state index contributed by atoms with van der Waals surface area (Å²) in [4.78, 5) is 24.8. The molecule has 0 aromatic carbocycles. The number of hydrogen-bond acceptors (Lipinski definition) is 5. The molecule has 2 saturated heterocycles. The molecule has 2 rings (SSSR count). The summed E-state index contributed by atoms with van der Waals surface area (Å²) < 4.78 is 0. The van der Waals surface area contributed by atoms with Crippen molar-refractivity contribution in [1.82, 2.24) is 10.2 Å². The zero-order valence-corrected chi connectivity index (χ0v) is 11.7. The van der Waals surface area contributed by atoms with Gasteiger partial charge in [-0.25, -0.2) is 0 Å². The number of aliphatic hydroxyl groups excluding tert-OH is 1. The lowest BCUT2D eigenvalue weighted by molar-refractivity contribution is -0.135. The smallest absolute Gasteiger partial charge is 0.240 e. The summed E-state index contributed by atoms with van der Waals surface area (Å²) >= 11 is 1.64. The van der Waals surface area contributed by atoms with Crippen molar-refractivity contribution in [2.75, 3.05) is 25.4 Å². The number of amides is 2. The van der Waals surface area contributed by atoms with Crippen LogP contribution in [0.15, 0.2) is 0 Å². The number of likely N-dealkylation sites (tertiary alicyclic amines) is 1. The first-order valence-corrected chi connectivity index (χ1v) is 7.72. The first kappa shape index (κ1) is 14.6. The minimum Gasteiger partial charge on any atom is -0.391 e. The number of rotatable bonds is 4. The van der Waals surface area contributed by atoms with Crippen molar-refractivity contribution in [1.29, 1.82) is 0 Å². The Balaban J connectivity index is 1.82. The third kappa shape index (κ3) is 3.84. The predicted molar refractivity (Wildman–Crippen MR) is 73.7 cm³/mol. The van der Waals surface area contributed by atoms with Gasteiger partial charge < -0.3 is 21.1 Å². The van der Waals surface area contributed by atoms with Crippen LogP contribution in [-0.4, -0.2) is 64.6 Å². The average molecular weight is 287 g/mol. The molecule has 0 saturated carbocycles.